The van der Waals surface area contributed by atoms with Crippen LogP contribution in [-0.4, -0.2) is 36.2 Å². The number of rotatable bonds is 6. The Bertz CT molecular complexity index is 1120. The number of hydrogen-bond donors (Lipinski definition) is 1. The quantitative estimate of drug-likeness (QED) is 0.495. The van der Waals surface area contributed by atoms with E-state index >= 15 is 0 Å². The van der Waals surface area contributed by atoms with Gasteiger partial charge in [-0.1, -0.05) is 48.2 Å². The summed E-state index contributed by atoms with van der Waals surface area (Å²) in [6.45, 7) is 3.84. The smallest absolute Gasteiger partial charge is 0.234 e. The van der Waals surface area contributed by atoms with Crippen molar-refractivity contribution < 1.29 is 4.79 Å². The second-order valence-electron chi connectivity index (χ2n) is 6.45. The van der Waals surface area contributed by atoms with Crippen LogP contribution in [0.1, 0.15) is 11.4 Å². The second kappa shape index (κ2) is 8.32. The van der Waals surface area contributed by atoms with E-state index in [0.717, 1.165) is 28.5 Å². The van der Waals surface area contributed by atoms with Gasteiger partial charge in [-0.25, -0.2) is 4.68 Å². The lowest BCUT2D eigenvalue weighted by Crippen LogP contribution is -2.15. The number of carbonyl (C=O) groups excluding carboxylic acids is 1. The van der Waals surface area contributed by atoms with Crippen LogP contribution in [0.15, 0.2) is 72.1 Å². The molecule has 0 fully saturated rings. The van der Waals surface area contributed by atoms with Gasteiger partial charge in [-0.2, -0.15) is 5.10 Å². The fourth-order valence-corrected chi connectivity index (χ4v) is 3.77. The fraction of sp³-hybridized carbons (Fsp3) is 0.143. The highest BCUT2D eigenvalue weighted by Gasteiger charge is 2.16. The van der Waals surface area contributed by atoms with Crippen LogP contribution in [0.4, 0.5) is 5.69 Å². The summed E-state index contributed by atoms with van der Waals surface area (Å²) in [5.74, 6) is 0.109. The Kier molecular flexibility index (Phi) is 5.44. The van der Waals surface area contributed by atoms with Gasteiger partial charge in [0.1, 0.15) is 6.33 Å². The maximum Gasteiger partial charge on any atom is 0.234 e. The molecular formula is C21H20N6OS. The van der Waals surface area contributed by atoms with Gasteiger partial charge in [-0.3, -0.25) is 9.36 Å². The topological polar surface area (TPSA) is 77.6 Å². The van der Waals surface area contributed by atoms with Gasteiger partial charge in [0.05, 0.1) is 28.5 Å². The highest BCUT2D eigenvalue weighted by Crippen LogP contribution is 2.24. The van der Waals surface area contributed by atoms with Crippen LogP contribution in [0.2, 0.25) is 0 Å². The van der Waals surface area contributed by atoms with E-state index in [0.29, 0.717) is 5.16 Å². The van der Waals surface area contributed by atoms with Gasteiger partial charge in [-0.05, 0) is 38.1 Å². The first kappa shape index (κ1) is 18.9. The zero-order valence-electron chi connectivity index (χ0n) is 16.1. The van der Waals surface area contributed by atoms with E-state index in [2.05, 4.69) is 20.6 Å². The molecule has 0 aliphatic rings. The first-order valence-corrected chi connectivity index (χ1v) is 10.1. The third-order valence-corrected chi connectivity index (χ3v) is 5.38. The Hall–Kier alpha value is -3.39. The molecule has 0 bridgehead atoms. The van der Waals surface area contributed by atoms with E-state index in [1.165, 1.54) is 11.8 Å². The van der Waals surface area contributed by atoms with E-state index in [1.807, 2.05) is 83.8 Å². The number of thioether (sulfide) groups is 1. The summed E-state index contributed by atoms with van der Waals surface area (Å²) in [5, 5.41) is 16.3. The van der Waals surface area contributed by atoms with Crippen LogP contribution >= 0.6 is 11.8 Å². The average Bonchev–Trinajstić information content (AvgIpc) is 3.33. The standard InChI is InChI=1S/C21H20N6OS/c1-15-20(16(2)27(25-15)18-11-7-4-8-12-18)23-19(28)13-29-21-24-22-14-26(21)17-9-5-3-6-10-17/h3-12,14H,13H2,1-2H3,(H,23,28). The maximum absolute atomic E-state index is 12.6. The summed E-state index contributed by atoms with van der Waals surface area (Å²) in [6, 6.07) is 19.6. The lowest BCUT2D eigenvalue weighted by atomic mass is 10.3. The summed E-state index contributed by atoms with van der Waals surface area (Å²) in [6.07, 6.45) is 1.65. The fourth-order valence-electron chi connectivity index (χ4n) is 3.04. The number of hydrogen-bond acceptors (Lipinski definition) is 5. The van der Waals surface area contributed by atoms with Gasteiger partial charge in [0.25, 0.3) is 0 Å². The number of benzene rings is 2. The molecule has 0 atom stereocenters. The number of nitrogens with zero attached hydrogens (tertiary/aromatic N) is 5. The lowest BCUT2D eigenvalue weighted by Gasteiger charge is -2.08. The molecule has 0 spiro atoms. The number of carbonyl (C=O) groups is 1. The van der Waals surface area contributed by atoms with E-state index in [4.69, 9.17) is 0 Å². The molecule has 4 aromatic rings. The highest BCUT2D eigenvalue weighted by atomic mass is 32.2. The zero-order valence-corrected chi connectivity index (χ0v) is 16.9. The van der Waals surface area contributed by atoms with Crippen molar-refractivity contribution in [1.29, 1.82) is 0 Å². The molecule has 0 saturated heterocycles. The molecule has 0 saturated carbocycles. The molecule has 2 aromatic carbocycles. The van der Waals surface area contributed by atoms with Gasteiger partial charge < -0.3 is 5.32 Å². The number of aryl methyl sites for hydroxylation is 1. The largest absolute Gasteiger partial charge is 0.322 e. The molecule has 8 heteroatoms. The minimum Gasteiger partial charge on any atom is -0.322 e. The van der Waals surface area contributed by atoms with Gasteiger partial charge in [-0.15, -0.1) is 10.2 Å². The third kappa shape index (κ3) is 4.07. The minimum absolute atomic E-state index is 0.114. The average molecular weight is 404 g/mol. The van der Waals surface area contributed by atoms with Crippen LogP contribution in [0.3, 0.4) is 0 Å². The van der Waals surface area contributed by atoms with Crippen molar-refractivity contribution in [3.8, 4) is 11.4 Å². The van der Waals surface area contributed by atoms with E-state index < -0.39 is 0 Å². The molecule has 1 N–H and O–H groups in total. The molecule has 1 amide bonds. The van der Waals surface area contributed by atoms with Crippen LogP contribution in [0.25, 0.3) is 11.4 Å². The number of aromatic nitrogens is 5. The molecule has 2 aromatic heterocycles. The summed E-state index contributed by atoms with van der Waals surface area (Å²) < 4.78 is 3.70. The molecule has 0 aliphatic heterocycles. The van der Waals surface area contributed by atoms with Crippen LogP contribution in [0, 0.1) is 13.8 Å². The summed E-state index contributed by atoms with van der Waals surface area (Å²) in [7, 11) is 0. The van der Waals surface area contributed by atoms with Crippen molar-refractivity contribution in [3.05, 3.63) is 78.4 Å². The summed E-state index contributed by atoms with van der Waals surface area (Å²) >= 11 is 1.34. The van der Waals surface area contributed by atoms with Crippen LogP contribution in [0.5, 0.6) is 0 Å². The Labute approximate surface area is 172 Å². The molecule has 0 aliphatic carbocycles. The molecule has 2 heterocycles. The van der Waals surface area contributed by atoms with E-state index in [-0.39, 0.29) is 11.7 Å². The summed E-state index contributed by atoms with van der Waals surface area (Å²) in [5.41, 5.74) is 4.32. The molecule has 7 nitrogen and oxygen atoms in total. The van der Waals surface area contributed by atoms with Gasteiger partial charge in [0.2, 0.25) is 5.91 Å². The van der Waals surface area contributed by atoms with Crippen LogP contribution < -0.4 is 5.32 Å². The van der Waals surface area contributed by atoms with Crippen LogP contribution in [-0.2, 0) is 4.79 Å². The highest BCUT2D eigenvalue weighted by molar-refractivity contribution is 7.99. The van der Waals surface area contributed by atoms with Gasteiger partial charge in [0, 0.05) is 5.69 Å². The molecular weight excluding hydrogens is 384 g/mol. The van der Waals surface area contributed by atoms with Crippen molar-refractivity contribution in [3.63, 3.8) is 0 Å². The van der Waals surface area contributed by atoms with Crippen molar-refractivity contribution in [2.45, 2.75) is 19.0 Å². The predicted molar refractivity (Wildman–Crippen MR) is 114 cm³/mol. The third-order valence-electron chi connectivity index (χ3n) is 4.44. The monoisotopic (exact) mass is 404 g/mol. The Balaban J connectivity index is 1.45. The van der Waals surface area contributed by atoms with Crippen molar-refractivity contribution in [2.75, 3.05) is 11.1 Å². The van der Waals surface area contributed by atoms with Crippen molar-refractivity contribution in [2.24, 2.45) is 0 Å². The Morgan fingerprint density at radius 3 is 2.34 bits per heavy atom. The normalized spacial score (nSPS) is 10.8. The molecule has 4 rings (SSSR count). The molecule has 0 unspecified atom stereocenters. The number of amides is 1. The van der Waals surface area contributed by atoms with Gasteiger partial charge >= 0.3 is 0 Å². The minimum atomic E-state index is -0.114. The maximum atomic E-state index is 12.6. The van der Waals surface area contributed by atoms with E-state index in [1.54, 1.807) is 6.33 Å². The van der Waals surface area contributed by atoms with Crippen molar-refractivity contribution >= 4 is 23.4 Å². The van der Waals surface area contributed by atoms with Crippen molar-refractivity contribution in [1.82, 2.24) is 24.5 Å². The lowest BCUT2D eigenvalue weighted by molar-refractivity contribution is -0.113. The summed E-state index contributed by atoms with van der Waals surface area (Å²) in [4.78, 5) is 12.6. The first-order chi connectivity index (χ1) is 14.1. The number of para-hydroxylation sites is 2. The predicted octanol–water partition coefficient (Wildman–Crippen LogP) is 3.80. The zero-order chi connectivity index (χ0) is 20.2. The number of nitrogens with one attached hydrogen (secondary N) is 1. The molecule has 146 valence electrons. The Morgan fingerprint density at radius 1 is 1.00 bits per heavy atom. The first-order valence-electron chi connectivity index (χ1n) is 9.13. The second-order valence-corrected chi connectivity index (χ2v) is 7.39. The molecule has 29 heavy (non-hydrogen) atoms. The molecule has 0 radical (unpaired) electrons. The number of anilines is 1. The Morgan fingerprint density at radius 2 is 1.66 bits per heavy atom. The SMILES string of the molecule is Cc1nn(-c2ccccc2)c(C)c1NC(=O)CSc1nncn1-c1ccccc1. The van der Waals surface area contributed by atoms with Gasteiger partial charge in [0.15, 0.2) is 5.16 Å². The van der Waals surface area contributed by atoms with E-state index in [9.17, 15) is 4.79 Å².